The largest absolute Gasteiger partial charge is 0.465 e. The van der Waals surface area contributed by atoms with Crippen molar-refractivity contribution in [1.82, 2.24) is 14.9 Å². The molecular weight excluding hydrogens is 244 g/mol. The Labute approximate surface area is 113 Å². The lowest BCUT2D eigenvalue weighted by Crippen LogP contribution is -2.52. The fourth-order valence-corrected chi connectivity index (χ4v) is 2.35. The Morgan fingerprint density at radius 3 is 2.63 bits per heavy atom. The molecule has 1 aliphatic heterocycles. The van der Waals surface area contributed by atoms with Crippen LogP contribution in [0.15, 0.2) is 12.4 Å². The van der Waals surface area contributed by atoms with Gasteiger partial charge >= 0.3 is 5.97 Å². The molecule has 1 atom stereocenters. The molecule has 104 valence electrons. The summed E-state index contributed by atoms with van der Waals surface area (Å²) in [5.74, 6) is 0.269. The van der Waals surface area contributed by atoms with Crippen molar-refractivity contribution >= 4 is 11.9 Å². The number of carbonyl (C=O) groups excluding carboxylic acids is 1. The van der Waals surface area contributed by atoms with Crippen LogP contribution in [0.1, 0.15) is 24.2 Å². The van der Waals surface area contributed by atoms with Gasteiger partial charge in [-0.3, -0.25) is 4.90 Å². The second-order valence-electron chi connectivity index (χ2n) is 4.69. The van der Waals surface area contributed by atoms with Gasteiger partial charge in [-0.25, -0.2) is 14.8 Å². The van der Waals surface area contributed by atoms with Crippen LogP contribution in [0, 0.1) is 0 Å². The summed E-state index contributed by atoms with van der Waals surface area (Å²) in [4.78, 5) is 24.4. The minimum Gasteiger partial charge on any atom is -0.465 e. The fraction of sp³-hybridized carbons (Fsp3) is 0.615. The van der Waals surface area contributed by atoms with Crippen molar-refractivity contribution in [2.75, 3.05) is 38.2 Å². The second kappa shape index (κ2) is 5.97. The lowest BCUT2D eigenvalue weighted by molar-refractivity contribution is 0.0599. The van der Waals surface area contributed by atoms with Crippen molar-refractivity contribution < 1.29 is 9.53 Å². The van der Waals surface area contributed by atoms with Gasteiger partial charge in [0.05, 0.1) is 12.7 Å². The first-order valence-corrected chi connectivity index (χ1v) is 6.55. The number of methoxy groups -OCH3 is 1. The van der Waals surface area contributed by atoms with Crippen molar-refractivity contribution in [2.45, 2.75) is 19.9 Å². The molecule has 0 radical (unpaired) electrons. The van der Waals surface area contributed by atoms with Crippen LogP contribution in [0.2, 0.25) is 0 Å². The fourth-order valence-electron chi connectivity index (χ4n) is 2.35. The SMILES string of the molecule is CCN1CCN(c2ncc(C(=O)OC)cn2)CC1C. The molecule has 6 nitrogen and oxygen atoms in total. The van der Waals surface area contributed by atoms with E-state index in [1.54, 1.807) is 0 Å². The van der Waals surface area contributed by atoms with Crippen molar-refractivity contribution in [3.63, 3.8) is 0 Å². The van der Waals surface area contributed by atoms with E-state index < -0.39 is 5.97 Å². The topological polar surface area (TPSA) is 58.6 Å². The maximum atomic E-state index is 11.3. The summed E-state index contributed by atoms with van der Waals surface area (Å²) in [5, 5.41) is 0. The van der Waals surface area contributed by atoms with Gasteiger partial charge < -0.3 is 9.64 Å². The summed E-state index contributed by atoms with van der Waals surface area (Å²) in [6.45, 7) is 8.28. The summed E-state index contributed by atoms with van der Waals surface area (Å²) in [6.07, 6.45) is 3.04. The highest BCUT2D eigenvalue weighted by Gasteiger charge is 2.24. The maximum Gasteiger partial charge on any atom is 0.341 e. The number of anilines is 1. The van der Waals surface area contributed by atoms with Gasteiger partial charge in [0.25, 0.3) is 0 Å². The number of hydrogen-bond acceptors (Lipinski definition) is 6. The predicted molar refractivity (Wildman–Crippen MR) is 72.3 cm³/mol. The van der Waals surface area contributed by atoms with Crippen LogP contribution in [0.5, 0.6) is 0 Å². The monoisotopic (exact) mass is 264 g/mol. The lowest BCUT2D eigenvalue weighted by atomic mass is 10.2. The number of carbonyl (C=O) groups is 1. The van der Waals surface area contributed by atoms with Crippen molar-refractivity contribution in [2.24, 2.45) is 0 Å². The van der Waals surface area contributed by atoms with Gasteiger partial charge in [0.1, 0.15) is 0 Å². The van der Waals surface area contributed by atoms with E-state index in [2.05, 4.69) is 38.4 Å². The predicted octanol–water partition coefficient (Wildman–Crippen LogP) is 0.794. The first-order valence-electron chi connectivity index (χ1n) is 6.55. The average molecular weight is 264 g/mol. The smallest absolute Gasteiger partial charge is 0.341 e. The van der Waals surface area contributed by atoms with E-state index in [-0.39, 0.29) is 0 Å². The third kappa shape index (κ3) is 3.01. The van der Waals surface area contributed by atoms with E-state index in [9.17, 15) is 4.79 Å². The second-order valence-corrected chi connectivity index (χ2v) is 4.69. The van der Waals surface area contributed by atoms with E-state index in [0.29, 0.717) is 17.6 Å². The molecule has 0 N–H and O–H groups in total. The molecule has 1 aromatic heterocycles. The molecule has 0 saturated carbocycles. The first kappa shape index (κ1) is 13.7. The molecule has 1 saturated heterocycles. The average Bonchev–Trinajstić information content (AvgIpc) is 2.46. The third-order valence-electron chi connectivity index (χ3n) is 3.51. The quantitative estimate of drug-likeness (QED) is 0.752. The van der Waals surface area contributed by atoms with Crippen LogP contribution >= 0.6 is 0 Å². The molecular formula is C13H20N4O2. The lowest BCUT2D eigenvalue weighted by Gasteiger charge is -2.39. The number of likely N-dealkylation sites (N-methyl/N-ethyl adjacent to an activating group) is 1. The molecule has 1 unspecified atom stereocenters. The molecule has 1 aromatic rings. The van der Waals surface area contributed by atoms with Crippen molar-refractivity contribution in [1.29, 1.82) is 0 Å². The van der Waals surface area contributed by atoms with Gasteiger partial charge in [0, 0.05) is 38.1 Å². The van der Waals surface area contributed by atoms with Gasteiger partial charge in [-0.2, -0.15) is 0 Å². The summed E-state index contributed by atoms with van der Waals surface area (Å²) in [7, 11) is 1.35. The Morgan fingerprint density at radius 2 is 2.11 bits per heavy atom. The molecule has 1 aliphatic rings. The number of ether oxygens (including phenoxy) is 1. The molecule has 0 bridgehead atoms. The molecule has 6 heteroatoms. The minimum absolute atomic E-state index is 0.381. The standard InChI is InChI=1S/C13H20N4O2/c1-4-16-5-6-17(9-10(16)2)13-14-7-11(8-15-13)12(18)19-3/h7-8,10H,4-6,9H2,1-3H3. The van der Waals surface area contributed by atoms with Gasteiger partial charge in [-0.15, -0.1) is 0 Å². The van der Waals surface area contributed by atoms with E-state index >= 15 is 0 Å². The van der Waals surface area contributed by atoms with Crippen LogP contribution in [0.4, 0.5) is 5.95 Å². The Balaban J connectivity index is 2.05. The van der Waals surface area contributed by atoms with E-state index in [4.69, 9.17) is 0 Å². The maximum absolute atomic E-state index is 11.3. The van der Waals surface area contributed by atoms with E-state index in [1.807, 2.05) is 0 Å². The molecule has 1 fully saturated rings. The van der Waals surface area contributed by atoms with Crippen molar-refractivity contribution in [3.8, 4) is 0 Å². The Morgan fingerprint density at radius 1 is 1.42 bits per heavy atom. The summed E-state index contributed by atoms with van der Waals surface area (Å²) in [6, 6.07) is 0.489. The minimum atomic E-state index is -0.407. The van der Waals surface area contributed by atoms with Crippen LogP contribution in [-0.4, -0.2) is 60.2 Å². The van der Waals surface area contributed by atoms with Crippen LogP contribution in [0.3, 0.4) is 0 Å². The molecule has 0 aromatic carbocycles. The summed E-state index contributed by atoms with van der Waals surface area (Å²) >= 11 is 0. The van der Waals surface area contributed by atoms with Gasteiger partial charge in [-0.1, -0.05) is 6.92 Å². The highest BCUT2D eigenvalue weighted by Crippen LogP contribution is 2.14. The Bertz CT molecular complexity index is 435. The van der Waals surface area contributed by atoms with Gasteiger partial charge in [0.2, 0.25) is 5.95 Å². The van der Waals surface area contributed by atoms with E-state index in [1.165, 1.54) is 19.5 Å². The van der Waals surface area contributed by atoms with Gasteiger partial charge in [-0.05, 0) is 13.5 Å². The third-order valence-corrected chi connectivity index (χ3v) is 3.51. The summed E-state index contributed by atoms with van der Waals surface area (Å²) in [5.41, 5.74) is 0.381. The molecule has 0 aliphatic carbocycles. The zero-order chi connectivity index (χ0) is 13.8. The number of piperazine rings is 1. The molecule has 0 spiro atoms. The molecule has 2 rings (SSSR count). The molecule has 2 heterocycles. The number of rotatable bonds is 3. The highest BCUT2D eigenvalue weighted by atomic mass is 16.5. The Kier molecular flexibility index (Phi) is 4.31. The highest BCUT2D eigenvalue weighted by molar-refractivity contribution is 5.88. The normalized spacial score (nSPS) is 20.4. The van der Waals surface area contributed by atoms with Crippen molar-refractivity contribution in [3.05, 3.63) is 18.0 Å². The van der Waals surface area contributed by atoms with Gasteiger partial charge in [0.15, 0.2) is 0 Å². The van der Waals surface area contributed by atoms with Crippen LogP contribution in [0.25, 0.3) is 0 Å². The zero-order valence-corrected chi connectivity index (χ0v) is 11.7. The van der Waals surface area contributed by atoms with Crippen LogP contribution < -0.4 is 4.90 Å². The number of aromatic nitrogens is 2. The molecule has 0 amide bonds. The first-order chi connectivity index (χ1) is 9.15. The number of esters is 1. The summed E-state index contributed by atoms with van der Waals surface area (Å²) < 4.78 is 4.63. The zero-order valence-electron chi connectivity index (χ0n) is 11.7. The Hall–Kier alpha value is -1.69. The number of nitrogens with zero attached hydrogens (tertiary/aromatic N) is 4. The van der Waals surface area contributed by atoms with E-state index in [0.717, 1.165) is 26.2 Å². The number of hydrogen-bond donors (Lipinski definition) is 0. The molecule has 19 heavy (non-hydrogen) atoms. The van der Waals surface area contributed by atoms with Crippen LogP contribution in [-0.2, 0) is 4.74 Å².